The zero-order chi connectivity index (χ0) is 19.1. The van der Waals surface area contributed by atoms with Crippen molar-refractivity contribution in [2.75, 3.05) is 26.2 Å². The zero-order valence-electron chi connectivity index (χ0n) is 14.9. The molecule has 0 radical (unpaired) electrons. The standard InChI is InChI=1S/C15H21ClN6O3S/c1-4-21-10-13(11(2)18-21)26(24,25)22-7-5-20(6-8-22)15(23)14-12(16)9-17-19(14)3/h9-10H,4-8H2,1-3H3. The minimum atomic E-state index is -3.63. The zero-order valence-corrected chi connectivity index (χ0v) is 16.5. The Morgan fingerprint density at radius 1 is 1.27 bits per heavy atom. The largest absolute Gasteiger partial charge is 0.335 e. The van der Waals surface area contributed by atoms with Gasteiger partial charge in [0.25, 0.3) is 5.91 Å². The Morgan fingerprint density at radius 2 is 1.92 bits per heavy atom. The van der Waals surface area contributed by atoms with Crippen LogP contribution in [-0.4, -0.2) is 69.3 Å². The molecule has 1 saturated heterocycles. The number of sulfonamides is 1. The normalized spacial score (nSPS) is 16.2. The molecule has 9 nitrogen and oxygen atoms in total. The fraction of sp³-hybridized carbons (Fsp3) is 0.533. The third kappa shape index (κ3) is 3.24. The van der Waals surface area contributed by atoms with Crippen LogP contribution in [0.15, 0.2) is 17.3 Å². The molecule has 11 heteroatoms. The first kappa shape index (κ1) is 18.9. The van der Waals surface area contributed by atoms with Crippen LogP contribution < -0.4 is 0 Å². The maximum Gasteiger partial charge on any atom is 0.273 e. The van der Waals surface area contributed by atoms with E-state index in [2.05, 4.69) is 10.2 Å². The van der Waals surface area contributed by atoms with Gasteiger partial charge in [0.1, 0.15) is 10.6 Å². The van der Waals surface area contributed by atoms with Crippen LogP contribution in [0.1, 0.15) is 23.1 Å². The third-order valence-electron chi connectivity index (χ3n) is 4.47. The molecular weight excluding hydrogens is 380 g/mol. The Hall–Kier alpha value is -1.91. The van der Waals surface area contributed by atoms with E-state index in [4.69, 9.17) is 11.6 Å². The lowest BCUT2D eigenvalue weighted by molar-refractivity contribution is 0.0687. The highest BCUT2D eigenvalue weighted by atomic mass is 35.5. The van der Waals surface area contributed by atoms with Crippen molar-refractivity contribution in [2.45, 2.75) is 25.3 Å². The molecular formula is C15H21ClN6O3S. The topological polar surface area (TPSA) is 93.3 Å². The predicted octanol–water partition coefficient (Wildman–Crippen LogP) is 0.745. The maximum atomic E-state index is 12.9. The lowest BCUT2D eigenvalue weighted by atomic mass is 10.3. The molecule has 3 rings (SSSR count). The van der Waals surface area contributed by atoms with Crippen LogP contribution in [0.2, 0.25) is 5.02 Å². The smallest absolute Gasteiger partial charge is 0.273 e. The third-order valence-corrected chi connectivity index (χ3v) is 6.74. The van der Waals surface area contributed by atoms with Crippen LogP contribution in [0.4, 0.5) is 0 Å². The van der Waals surface area contributed by atoms with Crippen LogP contribution in [0, 0.1) is 6.92 Å². The summed E-state index contributed by atoms with van der Waals surface area (Å²) in [5.74, 6) is -0.248. The van der Waals surface area contributed by atoms with Gasteiger partial charge in [0.15, 0.2) is 0 Å². The molecule has 1 amide bonds. The molecule has 0 aliphatic carbocycles. The first-order chi connectivity index (χ1) is 12.3. The lowest BCUT2D eigenvalue weighted by Crippen LogP contribution is -2.50. The summed E-state index contributed by atoms with van der Waals surface area (Å²) in [5, 5.41) is 8.46. The SMILES string of the molecule is CCn1cc(S(=O)(=O)N2CCN(C(=O)c3c(Cl)cnn3C)CC2)c(C)n1. The van der Waals surface area contributed by atoms with Gasteiger partial charge in [-0.3, -0.25) is 14.2 Å². The van der Waals surface area contributed by atoms with Gasteiger partial charge in [-0.15, -0.1) is 0 Å². The van der Waals surface area contributed by atoms with E-state index in [1.807, 2.05) is 6.92 Å². The van der Waals surface area contributed by atoms with E-state index in [1.165, 1.54) is 15.2 Å². The summed E-state index contributed by atoms with van der Waals surface area (Å²) in [7, 11) is -1.99. The van der Waals surface area contributed by atoms with Gasteiger partial charge in [0.2, 0.25) is 10.0 Å². The van der Waals surface area contributed by atoms with E-state index in [9.17, 15) is 13.2 Å². The highest BCUT2D eigenvalue weighted by molar-refractivity contribution is 7.89. The number of carbonyl (C=O) groups excluding carboxylic acids is 1. The van der Waals surface area contributed by atoms with Crippen LogP contribution in [0.25, 0.3) is 0 Å². The first-order valence-corrected chi connectivity index (χ1v) is 10.1. The maximum absolute atomic E-state index is 12.9. The summed E-state index contributed by atoms with van der Waals surface area (Å²) < 4.78 is 30.2. The number of hydrogen-bond acceptors (Lipinski definition) is 5. The Morgan fingerprint density at radius 3 is 2.42 bits per heavy atom. The number of hydrogen-bond donors (Lipinski definition) is 0. The predicted molar refractivity (Wildman–Crippen MR) is 95.5 cm³/mol. The number of rotatable bonds is 4. The Labute approximate surface area is 157 Å². The van der Waals surface area contributed by atoms with Crippen LogP contribution >= 0.6 is 11.6 Å². The monoisotopic (exact) mass is 400 g/mol. The average Bonchev–Trinajstić information content (AvgIpc) is 3.17. The van der Waals surface area contributed by atoms with E-state index < -0.39 is 10.0 Å². The lowest BCUT2D eigenvalue weighted by Gasteiger charge is -2.33. The molecule has 0 atom stereocenters. The summed E-state index contributed by atoms with van der Waals surface area (Å²) in [4.78, 5) is 14.4. The van der Waals surface area contributed by atoms with Crippen molar-refractivity contribution in [3.8, 4) is 0 Å². The molecule has 2 aromatic rings. The van der Waals surface area contributed by atoms with Crippen molar-refractivity contribution >= 4 is 27.5 Å². The highest BCUT2D eigenvalue weighted by Crippen LogP contribution is 2.22. The van der Waals surface area contributed by atoms with Crippen molar-refractivity contribution in [1.29, 1.82) is 0 Å². The summed E-state index contributed by atoms with van der Waals surface area (Å²) in [6.45, 7) is 5.21. The van der Waals surface area contributed by atoms with Gasteiger partial charge in [-0.25, -0.2) is 8.42 Å². The highest BCUT2D eigenvalue weighted by Gasteiger charge is 2.33. The van der Waals surface area contributed by atoms with Gasteiger partial charge in [-0.05, 0) is 13.8 Å². The van der Waals surface area contributed by atoms with Crippen molar-refractivity contribution in [3.05, 3.63) is 28.8 Å². The van der Waals surface area contributed by atoms with E-state index in [0.717, 1.165) is 0 Å². The molecule has 1 aliphatic rings. The molecule has 1 aliphatic heterocycles. The van der Waals surface area contributed by atoms with Gasteiger partial charge in [0.05, 0.1) is 16.9 Å². The number of amides is 1. The molecule has 1 fully saturated rings. The number of halogens is 1. The summed E-state index contributed by atoms with van der Waals surface area (Å²) in [6.07, 6.45) is 2.97. The molecule has 142 valence electrons. The van der Waals surface area contributed by atoms with Gasteiger partial charge >= 0.3 is 0 Å². The Balaban J connectivity index is 1.73. The van der Waals surface area contributed by atoms with E-state index in [1.54, 1.807) is 29.7 Å². The minimum Gasteiger partial charge on any atom is -0.335 e. The number of aromatic nitrogens is 4. The number of aryl methyl sites for hydroxylation is 3. The summed E-state index contributed by atoms with van der Waals surface area (Å²) in [5.41, 5.74) is 0.787. The summed E-state index contributed by atoms with van der Waals surface area (Å²) in [6, 6.07) is 0. The first-order valence-electron chi connectivity index (χ1n) is 8.26. The summed E-state index contributed by atoms with van der Waals surface area (Å²) >= 11 is 6.03. The van der Waals surface area contributed by atoms with E-state index in [-0.39, 0.29) is 28.9 Å². The molecule has 26 heavy (non-hydrogen) atoms. The van der Waals surface area contributed by atoms with Gasteiger partial charge < -0.3 is 4.90 Å². The second-order valence-corrected chi connectivity index (χ2v) is 8.41. The van der Waals surface area contributed by atoms with Crippen LogP contribution in [-0.2, 0) is 23.6 Å². The van der Waals surface area contributed by atoms with Crippen molar-refractivity contribution in [3.63, 3.8) is 0 Å². The quantitative estimate of drug-likeness (QED) is 0.754. The molecule has 3 heterocycles. The molecule has 0 spiro atoms. The van der Waals surface area contributed by atoms with Gasteiger partial charge in [0, 0.05) is 46.0 Å². The molecule has 0 N–H and O–H groups in total. The van der Waals surface area contributed by atoms with Gasteiger partial charge in [-0.1, -0.05) is 11.6 Å². The minimum absolute atomic E-state index is 0.216. The Bertz CT molecular complexity index is 908. The number of nitrogens with zero attached hydrogens (tertiary/aromatic N) is 6. The molecule has 0 saturated carbocycles. The Kier molecular flexibility index (Phi) is 5.09. The molecule has 0 unspecified atom stereocenters. The van der Waals surface area contributed by atoms with Crippen molar-refractivity contribution in [1.82, 2.24) is 28.8 Å². The second kappa shape index (κ2) is 7.01. The number of carbonyl (C=O) groups is 1. The van der Waals surface area contributed by atoms with Crippen molar-refractivity contribution in [2.24, 2.45) is 7.05 Å². The van der Waals surface area contributed by atoms with E-state index >= 15 is 0 Å². The van der Waals surface area contributed by atoms with Crippen molar-refractivity contribution < 1.29 is 13.2 Å². The van der Waals surface area contributed by atoms with Gasteiger partial charge in [-0.2, -0.15) is 14.5 Å². The molecule has 0 aromatic carbocycles. The fourth-order valence-electron chi connectivity index (χ4n) is 2.99. The molecule has 0 bridgehead atoms. The fourth-order valence-corrected chi connectivity index (χ4v) is 4.82. The number of piperazine rings is 1. The van der Waals surface area contributed by atoms with Crippen LogP contribution in [0.3, 0.4) is 0 Å². The van der Waals surface area contributed by atoms with Crippen LogP contribution in [0.5, 0.6) is 0 Å². The average molecular weight is 401 g/mol. The second-order valence-electron chi connectivity index (χ2n) is 6.10. The van der Waals surface area contributed by atoms with E-state index in [0.29, 0.717) is 31.0 Å². The molecule has 2 aromatic heterocycles.